The van der Waals surface area contributed by atoms with Crippen molar-refractivity contribution in [1.82, 2.24) is 10.5 Å². The van der Waals surface area contributed by atoms with E-state index in [0.29, 0.717) is 13.2 Å². The van der Waals surface area contributed by atoms with Crippen molar-refractivity contribution in [3.63, 3.8) is 0 Å². The van der Waals surface area contributed by atoms with E-state index in [1.807, 2.05) is 44.2 Å². The first kappa shape index (κ1) is 16.7. The van der Waals surface area contributed by atoms with Crippen LogP contribution in [0.2, 0.25) is 0 Å². The molecule has 1 N–H and O–H groups in total. The van der Waals surface area contributed by atoms with Crippen LogP contribution in [0.4, 0.5) is 0 Å². The molecule has 0 unspecified atom stereocenters. The van der Waals surface area contributed by atoms with Gasteiger partial charge in [0, 0.05) is 25.1 Å². The Kier molecular flexibility index (Phi) is 5.30. The molecule has 2 heterocycles. The number of aryl methyl sites for hydroxylation is 2. The average molecular weight is 328 g/mol. The Morgan fingerprint density at radius 3 is 2.88 bits per heavy atom. The molecule has 3 rings (SSSR count). The molecule has 24 heavy (non-hydrogen) atoms. The van der Waals surface area contributed by atoms with Gasteiger partial charge in [0.15, 0.2) is 0 Å². The quantitative estimate of drug-likeness (QED) is 0.914. The maximum atomic E-state index is 12.7. The number of aromatic nitrogens is 1. The smallest absolute Gasteiger partial charge is 0.226 e. The van der Waals surface area contributed by atoms with Crippen LogP contribution in [0.5, 0.6) is 0 Å². The number of nitrogens with one attached hydrogen (secondary N) is 1. The van der Waals surface area contributed by atoms with Crippen LogP contribution in [0.1, 0.15) is 48.5 Å². The Morgan fingerprint density at radius 1 is 1.33 bits per heavy atom. The summed E-state index contributed by atoms with van der Waals surface area (Å²) in [6, 6.07) is 9.99. The lowest BCUT2D eigenvalue weighted by molar-refractivity contribution is -0.134. The van der Waals surface area contributed by atoms with E-state index in [2.05, 4.69) is 10.5 Å². The number of ether oxygens (including phenoxy) is 1. The van der Waals surface area contributed by atoms with Gasteiger partial charge in [-0.15, -0.1) is 0 Å². The predicted molar refractivity (Wildman–Crippen MR) is 90.3 cm³/mol. The normalized spacial score (nSPS) is 20.8. The second-order valence-corrected chi connectivity index (χ2v) is 6.19. The lowest BCUT2D eigenvalue weighted by Gasteiger charge is -2.31. The van der Waals surface area contributed by atoms with Crippen molar-refractivity contribution in [1.29, 1.82) is 0 Å². The van der Waals surface area contributed by atoms with Crippen molar-refractivity contribution in [3.8, 4) is 0 Å². The molecule has 0 spiro atoms. The summed E-state index contributed by atoms with van der Waals surface area (Å²) in [6.45, 7) is 5.08. The van der Waals surface area contributed by atoms with E-state index in [0.717, 1.165) is 41.8 Å². The standard InChI is InChI=1S/C19H24N2O3/c1-3-17-16(13(2)21-24-17)12-20-19(22)15-10-7-11-23-18(15)14-8-5-4-6-9-14/h4-6,8-9,15,18H,3,7,10-12H2,1-2H3,(H,20,22)/t15-,18+/m1/s1. The molecular formula is C19H24N2O3. The van der Waals surface area contributed by atoms with Crippen LogP contribution in [-0.2, 0) is 22.5 Å². The summed E-state index contributed by atoms with van der Waals surface area (Å²) in [4.78, 5) is 12.7. The molecule has 1 fully saturated rings. The second kappa shape index (κ2) is 7.62. The van der Waals surface area contributed by atoms with Crippen molar-refractivity contribution in [3.05, 3.63) is 52.9 Å². The van der Waals surface area contributed by atoms with Gasteiger partial charge in [0.1, 0.15) is 5.76 Å². The molecule has 0 bridgehead atoms. The fourth-order valence-corrected chi connectivity index (χ4v) is 3.27. The molecule has 1 aliphatic rings. The summed E-state index contributed by atoms with van der Waals surface area (Å²) in [5, 5.41) is 7.04. The van der Waals surface area contributed by atoms with Crippen molar-refractivity contribution < 1.29 is 14.1 Å². The number of benzene rings is 1. The molecule has 0 radical (unpaired) electrons. The summed E-state index contributed by atoms with van der Waals surface area (Å²) in [7, 11) is 0. The molecule has 1 aromatic carbocycles. The molecule has 2 aromatic rings. The molecule has 2 atom stereocenters. The minimum atomic E-state index is -0.172. The molecule has 1 aliphatic heterocycles. The van der Waals surface area contributed by atoms with E-state index >= 15 is 0 Å². The van der Waals surface area contributed by atoms with Gasteiger partial charge in [-0.1, -0.05) is 42.4 Å². The average Bonchev–Trinajstić information content (AvgIpc) is 3.00. The van der Waals surface area contributed by atoms with E-state index in [4.69, 9.17) is 9.26 Å². The van der Waals surface area contributed by atoms with Gasteiger partial charge < -0.3 is 14.6 Å². The highest BCUT2D eigenvalue weighted by Crippen LogP contribution is 2.33. The largest absolute Gasteiger partial charge is 0.373 e. The highest BCUT2D eigenvalue weighted by Gasteiger charge is 2.33. The Hall–Kier alpha value is -2.14. The molecule has 1 saturated heterocycles. The van der Waals surface area contributed by atoms with Gasteiger partial charge in [0.2, 0.25) is 5.91 Å². The highest BCUT2D eigenvalue weighted by molar-refractivity contribution is 5.79. The lowest BCUT2D eigenvalue weighted by atomic mass is 9.88. The molecule has 1 aromatic heterocycles. The van der Waals surface area contributed by atoms with E-state index in [-0.39, 0.29) is 17.9 Å². The summed E-state index contributed by atoms with van der Waals surface area (Å²) in [6.07, 6.45) is 2.35. The third-order valence-electron chi connectivity index (χ3n) is 4.61. The molecule has 1 amide bonds. The number of hydrogen-bond donors (Lipinski definition) is 1. The Labute approximate surface area is 142 Å². The number of amides is 1. The monoisotopic (exact) mass is 328 g/mol. The Morgan fingerprint density at radius 2 is 2.12 bits per heavy atom. The molecule has 0 aliphatic carbocycles. The van der Waals surface area contributed by atoms with Gasteiger partial charge in [-0.3, -0.25) is 4.79 Å². The Bertz CT molecular complexity index is 681. The number of hydrogen-bond acceptors (Lipinski definition) is 4. The van der Waals surface area contributed by atoms with Gasteiger partial charge >= 0.3 is 0 Å². The Balaban J connectivity index is 1.69. The zero-order valence-corrected chi connectivity index (χ0v) is 14.2. The molecule has 5 heteroatoms. The van der Waals surface area contributed by atoms with Gasteiger partial charge in [0.05, 0.1) is 17.7 Å². The summed E-state index contributed by atoms with van der Waals surface area (Å²) >= 11 is 0. The van der Waals surface area contributed by atoms with Crippen LogP contribution in [0.3, 0.4) is 0 Å². The van der Waals surface area contributed by atoms with E-state index < -0.39 is 0 Å². The van der Waals surface area contributed by atoms with Gasteiger partial charge in [-0.05, 0) is 25.3 Å². The lowest BCUT2D eigenvalue weighted by Crippen LogP contribution is -2.37. The zero-order valence-electron chi connectivity index (χ0n) is 14.2. The van der Waals surface area contributed by atoms with Crippen LogP contribution >= 0.6 is 0 Å². The van der Waals surface area contributed by atoms with Crippen LogP contribution in [0, 0.1) is 12.8 Å². The fourth-order valence-electron chi connectivity index (χ4n) is 3.27. The van der Waals surface area contributed by atoms with Crippen LogP contribution in [-0.4, -0.2) is 17.7 Å². The molecular weight excluding hydrogens is 304 g/mol. The number of carbonyl (C=O) groups is 1. The minimum absolute atomic E-state index is 0.0335. The third kappa shape index (κ3) is 3.51. The zero-order chi connectivity index (χ0) is 16.9. The highest BCUT2D eigenvalue weighted by atomic mass is 16.5. The van der Waals surface area contributed by atoms with Gasteiger partial charge in [-0.2, -0.15) is 0 Å². The number of nitrogens with zero attached hydrogens (tertiary/aromatic N) is 1. The van der Waals surface area contributed by atoms with Crippen LogP contribution < -0.4 is 5.32 Å². The van der Waals surface area contributed by atoms with E-state index in [1.54, 1.807) is 0 Å². The molecule has 128 valence electrons. The predicted octanol–water partition coefficient (Wildman–Crippen LogP) is 3.33. The van der Waals surface area contributed by atoms with Crippen molar-refractivity contribution in [2.75, 3.05) is 6.61 Å². The number of carbonyl (C=O) groups excluding carboxylic acids is 1. The second-order valence-electron chi connectivity index (χ2n) is 6.19. The van der Waals surface area contributed by atoms with Crippen molar-refractivity contribution in [2.45, 2.75) is 45.8 Å². The van der Waals surface area contributed by atoms with Crippen LogP contribution in [0.25, 0.3) is 0 Å². The molecule has 0 saturated carbocycles. The maximum absolute atomic E-state index is 12.7. The van der Waals surface area contributed by atoms with Gasteiger partial charge in [0.25, 0.3) is 0 Å². The third-order valence-corrected chi connectivity index (χ3v) is 4.61. The fraction of sp³-hybridized carbons (Fsp3) is 0.474. The van der Waals surface area contributed by atoms with E-state index in [1.165, 1.54) is 0 Å². The minimum Gasteiger partial charge on any atom is -0.373 e. The first-order valence-electron chi connectivity index (χ1n) is 8.59. The first-order chi connectivity index (χ1) is 11.7. The maximum Gasteiger partial charge on any atom is 0.226 e. The van der Waals surface area contributed by atoms with Crippen molar-refractivity contribution in [2.24, 2.45) is 5.92 Å². The molecule has 5 nitrogen and oxygen atoms in total. The summed E-state index contributed by atoms with van der Waals surface area (Å²) in [5.74, 6) is 0.713. The topological polar surface area (TPSA) is 64.4 Å². The summed E-state index contributed by atoms with van der Waals surface area (Å²) in [5.41, 5.74) is 2.89. The number of rotatable bonds is 5. The van der Waals surface area contributed by atoms with Crippen LogP contribution in [0.15, 0.2) is 34.9 Å². The first-order valence-corrected chi connectivity index (χ1v) is 8.59. The van der Waals surface area contributed by atoms with Crippen molar-refractivity contribution >= 4 is 5.91 Å². The summed E-state index contributed by atoms with van der Waals surface area (Å²) < 4.78 is 11.2. The SMILES string of the molecule is CCc1onc(C)c1CNC(=O)[C@@H]1CCCO[C@H]1c1ccccc1. The van der Waals surface area contributed by atoms with E-state index in [9.17, 15) is 4.79 Å². The van der Waals surface area contributed by atoms with Gasteiger partial charge in [-0.25, -0.2) is 0 Å².